The minimum atomic E-state index is -0.711. The first kappa shape index (κ1) is 16.4. The van der Waals surface area contributed by atoms with Crippen LogP contribution in [0.3, 0.4) is 0 Å². The van der Waals surface area contributed by atoms with Gasteiger partial charge in [-0.25, -0.2) is 4.79 Å². The van der Waals surface area contributed by atoms with Gasteiger partial charge in [-0.15, -0.1) is 0 Å². The molecule has 0 unspecified atom stereocenters. The summed E-state index contributed by atoms with van der Waals surface area (Å²) in [5.41, 5.74) is 4.54. The number of carbonyl (C=O) groups is 1. The molecule has 1 radical (unpaired) electrons. The van der Waals surface area contributed by atoms with Crippen molar-refractivity contribution >= 4 is 6.09 Å². The molecule has 0 aromatic heterocycles. The first-order valence-electron chi connectivity index (χ1n) is 2.59. The molecular weight excluding hydrogens is 221 g/mol. The number of nitrogens with zero attached hydrogens (tertiary/aromatic N) is 1. The summed E-state index contributed by atoms with van der Waals surface area (Å²) in [6.45, 7) is 2.06. The number of hydrogen-bond acceptors (Lipinski definition) is 2. The van der Waals surface area contributed by atoms with Crippen LogP contribution in [0.5, 0.6) is 0 Å². The van der Waals surface area contributed by atoms with Gasteiger partial charge in [0.2, 0.25) is 0 Å². The van der Waals surface area contributed by atoms with Gasteiger partial charge in [0.25, 0.3) is 0 Å². The van der Waals surface area contributed by atoms with E-state index in [9.17, 15) is 4.79 Å². The summed E-state index contributed by atoms with van der Waals surface area (Å²) < 4.78 is 4.18. The maximum absolute atomic E-state index is 9.60. The smallest absolute Gasteiger partial charge is 0.668 e. The topological polar surface area (TPSA) is 66.4 Å². The molecule has 0 saturated heterocycles. The molecule has 0 heterocycles. The van der Waals surface area contributed by atoms with Crippen LogP contribution in [0.4, 0.5) is 4.79 Å². The van der Waals surface area contributed by atoms with Crippen molar-refractivity contribution in [3.05, 3.63) is 5.32 Å². The summed E-state index contributed by atoms with van der Waals surface area (Å²) in [6, 6.07) is 0. The summed E-state index contributed by atoms with van der Waals surface area (Å²) in [7, 11) is 3.50. The Morgan fingerprint density at radius 3 is 1.90 bits per heavy atom. The zero-order valence-electron chi connectivity index (χ0n) is 6.40. The van der Waals surface area contributed by atoms with Crippen LogP contribution >= 0.6 is 0 Å². The van der Waals surface area contributed by atoms with E-state index in [1.165, 1.54) is 0 Å². The Morgan fingerprint density at radius 2 is 1.90 bits per heavy atom. The zero-order valence-corrected chi connectivity index (χ0v) is 8.14. The molecule has 0 rings (SSSR count). The second-order valence-corrected chi connectivity index (χ2v) is 1.20. The Bertz CT molecular complexity index is 70.7. The molecule has 0 aliphatic rings. The van der Waals surface area contributed by atoms with Crippen molar-refractivity contribution in [1.82, 2.24) is 0 Å². The predicted octanol–water partition coefficient (Wildman–Crippen LogP) is 0.719. The molecule has 4 nitrogen and oxygen atoms in total. The first-order chi connectivity index (χ1) is 4.18. The largest absolute Gasteiger partial charge is 1.00 e. The molecule has 0 spiro atoms. The number of ether oxygens (including phenoxy) is 1. The molecule has 0 atom stereocenters. The molecule has 0 aromatic rings. The molecule has 5 heteroatoms. The van der Waals surface area contributed by atoms with Gasteiger partial charge in [0.15, 0.2) is 0 Å². The quantitative estimate of drug-likeness (QED) is 0.679. The van der Waals surface area contributed by atoms with Crippen molar-refractivity contribution in [2.24, 2.45) is 5.73 Å². The van der Waals surface area contributed by atoms with Gasteiger partial charge in [0.05, 0.1) is 6.61 Å². The second kappa shape index (κ2) is 15.9. The standard InChI is InChI=1S/C3H7NO2.C2H6N.Ru/c1-2-6-3(4)5;1-3-2;/h2H2,1H3,(H2,4,5);1-2H3;/q;-1;+1. The number of primary amides is 1. The van der Waals surface area contributed by atoms with Gasteiger partial charge >= 0.3 is 25.6 Å². The molecule has 0 aliphatic heterocycles. The van der Waals surface area contributed by atoms with Gasteiger partial charge in [0.1, 0.15) is 0 Å². The Balaban J connectivity index is -0.000000107. The van der Waals surface area contributed by atoms with Gasteiger partial charge in [-0.3, -0.25) is 0 Å². The van der Waals surface area contributed by atoms with Crippen LogP contribution in [0.2, 0.25) is 0 Å². The van der Waals surface area contributed by atoms with Crippen molar-refractivity contribution in [3.63, 3.8) is 0 Å². The van der Waals surface area contributed by atoms with Crippen molar-refractivity contribution in [3.8, 4) is 0 Å². The molecule has 1 amide bonds. The minimum absolute atomic E-state index is 0. The molecule has 0 fully saturated rings. The number of nitrogens with two attached hydrogens (primary N) is 1. The van der Waals surface area contributed by atoms with E-state index in [0.29, 0.717) is 6.61 Å². The molecule has 0 saturated carbocycles. The molecule has 0 aliphatic carbocycles. The van der Waals surface area contributed by atoms with Crippen LogP contribution in [0, 0.1) is 0 Å². The Kier molecular flexibility index (Phi) is 26.2. The first-order valence-corrected chi connectivity index (χ1v) is 2.59. The van der Waals surface area contributed by atoms with Crippen molar-refractivity contribution in [2.75, 3.05) is 20.7 Å². The third-order valence-electron chi connectivity index (χ3n) is 0.287. The maximum atomic E-state index is 9.60. The van der Waals surface area contributed by atoms with E-state index in [1.807, 2.05) is 0 Å². The molecule has 2 N–H and O–H groups in total. The summed E-state index contributed by atoms with van der Waals surface area (Å²) >= 11 is 0. The van der Waals surface area contributed by atoms with Gasteiger partial charge in [-0.2, -0.15) is 14.1 Å². The predicted molar refractivity (Wildman–Crippen MR) is 36.4 cm³/mol. The zero-order chi connectivity index (χ0) is 7.70. The van der Waals surface area contributed by atoms with Crippen LogP contribution in [0.1, 0.15) is 6.92 Å². The number of hydrogen-bond donors (Lipinski definition) is 1. The Morgan fingerprint density at radius 1 is 1.60 bits per heavy atom. The van der Waals surface area contributed by atoms with E-state index in [1.54, 1.807) is 21.0 Å². The van der Waals surface area contributed by atoms with E-state index < -0.39 is 6.09 Å². The minimum Gasteiger partial charge on any atom is -0.668 e. The Labute approximate surface area is 74.3 Å². The molecular formula is C5H13N2O2Ru. The average molecular weight is 234 g/mol. The van der Waals surface area contributed by atoms with Crippen molar-refractivity contribution < 1.29 is 29.0 Å². The maximum Gasteiger partial charge on any atom is 1.00 e. The normalized spacial score (nSPS) is 6.30. The van der Waals surface area contributed by atoms with E-state index >= 15 is 0 Å². The van der Waals surface area contributed by atoms with Crippen LogP contribution in [-0.4, -0.2) is 26.8 Å². The SMILES string of the molecule is CCOC(N)=O.C[N-]C.[Ru+]. The van der Waals surface area contributed by atoms with Gasteiger partial charge in [-0.1, -0.05) is 0 Å². The van der Waals surface area contributed by atoms with Crippen LogP contribution in [0.15, 0.2) is 0 Å². The fourth-order valence-electron chi connectivity index (χ4n) is 0.142. The van der Waals surface area contributed by atoms with Crippen LogP contribution in [-0.2, 0) is 24.2 Å². The monoisotopic (exact) mass is 235 g/mol. The fourth-order valence-corrected chi connectivity index (χ4v) is 0.142. The Hall–Kier alpha value is -0.147. The van der Waals surface area contributed by atoms with E-state index in [-0.39, 0.29) is 19.5 Å². The van der Waals surface area contributed by atoms with E-state index in [0.717, 1.165) is 0 Å². The number of rotatable bonds is 1. The molecule has 0 bridgehead atoms. The fraction of sp³-hybridized carbons (Fsp3) is 0.800. The van der Waals surface area contributed by atoms with Crippen molar-refractivity contribution in [2.45, 2.75) is 6.92 Å². The average Bonchev–Trinajstić information content (AvgIpc) is 1.67. The van der Waals surface area contributed by atoms with Gasteiger partial charge < -0.3 is 15.8 Å². The van der Waals surface area contributed by atoms with Gasteiger partial charge in [-0.05, 0) is 6.92 Å². The van der Waals surface area contributed by atoms with E-state index in [4.69, 9.17) is 0 Å². The summed E-state index contributed by atoms with van der Waals surface area (Å²) in [5.74, 6) is 0. The second-order valence-electron chi connectivity index (χ2n) is 1.20. The molecule has 0 aromatic carbocycles. The summed E-state index contributed by atoms with van der Waals surface area (Å²) in [4.78, 5) is 9.60. The van der Waals surface area contributed by atoms with E-state index in [2.05, 4.69) is 15.8 Å². The summed E-state index contributed by atoms with van der Waals surface area (Å²) in [6.07, 6.45) is -0.711. The molecule has 63 valence electrons. The van der Waals surface area contributed by atoms with Crippen LogP contribution in [0.25, 0.3) is 5.32 Å². The third kappa shape index (κ3) is 45.3. The van der Waals surface area contributed by atoms with Crippen molar-refractivity contribution in [1.29, 1.82) is 0 Å². The van der Waals surface area contributed by atoms with Gasteiger partial charge in [0, 0.05) is 0 Å². The van der Waals surface area contributed by atoms with Crippen LogP contribution < -0.4 is 5.73 Å². The summed E-state index contributed by atoms with van der Waals surface area (Å²) in [5, 5.41) is 3.50. The number of amides is 1. The third-order valence-corrected chi connectivity index (χ3v) is 0.287. The molecule has 10 heavy (non-hydrogen) atoms. The number of carbonyl (C=O) groups excluding carboxylic acids is 1.